The Bertz CT molecular complexity index is 1040. The first-order valence-electron chi connectivity index (χ1n) is 9.04. The van der Waals surface area contributed by atoms with Gasteiger partial charge < -0.3 is 19.2 Å². The van der Waals surface area contributed by atoms with E-state index < -0.39 is 17.8 Å². The van der Waals surface area contributed by atoms with Crippen molar-refractivity contribution in [3.05, 3.63) is 65.2 Å². The predicted molar refractivity (Wildman–Crippen MR) is 103 cm³/mol. The lowest BCUT2D eigenvalue weighted by Gasteiger charge is -2.14. The second-order valence-electron chi connectivity index (χ2n) is 6.12. The summed E-state index contributed by atoms with van der Waals surface area (Å²) in [6.07, 6.45) is 1.36. The van der Waals surface area contributed by atoms with E-state index in [9.17, 15) is 14.4 Å². The van der Waals surface area contributed by atoms with Gasteiger partial charge in [-0.05, 0) is 37.6 Å². The first-order valence-corrected chi connectivity index (χ1v) is 9.04. The van der Waals surface area contributed by atoms with Crippen LogP contribution in [0.25, 0.3) is 10.9 Å². The topological polar surface area (TPSA) is 108 Å². The predicted octanol–water partition coefficient (Wildman–Crippen LogP) is 2.79. The average Bonchev–Trinajstić information content (AvgIpc) is 3.25. The van der Waals surface area contributed by atoms with Crippen LogP contribution in [0.3, 0.4) is 0 Å². The first-order chi connectivity index (χ1) is 14.0. The Morgan fingerprint density at radius 3 is 2.62 bits per heavy atom. The zero-order chi connectivity index (χ0) is 20.8. The van der Waals surface area contributed by atoms with Crippen molar-refractivity contribution in [3.8, 4) is 0 Å². The van der Waals surface area contributed by atoms with E-state index in [1.807, 2.05) is 24.3 Å². The maximum atomic E-state index is 12.5. The number of amides is 1. The van der Waals surface area contributed by atoms with Crippen LogP contribution in [-0.2, 0) is 20.9 Å². The highest BCUT2D eigenvalue weighted by Gasteiger charge is 2.21. The zero-order valence-electron chi connectivity index (χ0n) is 16.1. The second kappa shape index (κ2) is 9.01. The Morgan fingerprint density at radius 2 is 1.90 bits per heavy atom. The number of hydrogen-bond donors (Lipinski definition) is 1. The third kappa shape index (κ3) is 4.60. The molecule has 1 amide bonds. The van der Waals surface area contributed by atoms with Gasteiger partial charge in [-0.3, -0.25) is 9.59 Å². The molecule has 1 N–H and O–H groups in total. The van der Waals surface area contributed by atoms with Gasteiger partial charge in [0.25, 0.3) is 5.91 Å². The largest absolute Gasteiger partial charge is 0.462 e. The third-order valence-electron chi connectivity index (χ3n) is 4.21. The minimum Gasteiger partial charge on any atom is -0.462 e. The molecule has 150 valence electrons. The first kappa shape index (κ1) is 20.1. The summed E-state index contributed by atoms with van der Waals surface area (Å²) >= 11 is 0. The summed E-state index contributed by atoms with van der Waals surface area (Å²) < 4.78 is 15.3. The SMILES string of the molecule is CCOC(=O)c1c(COC(=O)CNC(=O)c2ccco2)nc2ccccc2c1C. The van der Waals surface area contributed by atoms with Crippen LogP contribution in [0.5, 0.6) is 0 Å². The molecule has 0 aliphatic heterocycles. The molecule has 0 fully saturated rings. The number of nitrogens with zero attached hydrogens (tertiary/aromatic N) is 1. The van der Waals surface area contributed by atoms with Crippen molar-refractivity contribution in [2.24, 2.45) is 0 Å². The Labute approximate surface area is 166 Å². The number of benzene rings is 1. The molecule has 0 aliphatic rings. The number of esters is 2. The summed E-state index contributed by atoms with van der Waals surface area (Å²) in [5, 5.41) is 3.22. The molecule has 1 aromatic carbocycles. The molecule has 2 heterocycles. The maximum Gasteiger partial charge on any atom is 0.340 e. The van der Waals surface area contributed by atoms with Gasteiger partial charge >= 0.3 is 11.9 Å². The summed E-state index contributed by atoms with van der Waals surface area (Å²) in [5.41, 5.74) is 1.95. The molecular formula is C21H20N2O6. The molecule has 0 bridgehead atoms. The van der Waals surface area contributed by atoms with Crippen LogP contribution in [-0.4, -0.2) is 36.0 Å². The van der Waals surface area contributed by atoms with Gasteiger partial charge in [0.05, 0.1) is 29.6 Å². The van der Waals surface area contributed by atoms with Crippen molar-refractivity contribution in [2.45, 2.75) is 20.5 Å². The normalized spacial score (nSPS) is 10.6. The number of carbonyl (C=O) groups is 3. The van der Waals surface area contributed by atoms with Crippen molar-refractivity contribution in [1.82, 2.24) is 10.3 Å². The number of aromatic nitrogens is 1. The number of para-hydroxylation sites is 1. The van der Waals surface area contributed by atoms with Crippen molar-refractivity contribution >= 4 is 28.7 Å². The molecule has 0 spiro atoms. The molecule has 0 aliphatic carbocycles. The van der Waals surface area contributed by atoms with E-state index in [0.29, 0.717) is 16.8 Å². The smallest absolute Gasteiger partial charge is 0.340 e. The van der Waals surface area contributed by atoms with Crippen LogP contribution in [0.1, 0.15) is 39.1 Å². The lowest BCUT2D eigenvalue weighted by Crippen LogP contribution is -2.30. The van der Waals surface area contributed by atoms with E-state index in [1.165, 1.54) is 12.3 Å². The third-order valence-corrected chi connectivity index (χ3v) is 4.21. The molecule has 8 heteroatoms. The molecule has 0 radical (unpaired) electrons. The molecule has 3 rings (SSSR count). The van der Waals surface area contributed by atoms with Crippen LogP contribution in [0.4, 0.5) is 0 Å². The molecule has 8 nitrogen and oxygen atoms in total. The molecule has 2 aromatic heterocycles. The van der Waals surface area contributed by atoms with Crippen LogP contribution >= 0.6 is 0 Å². The minimum atomic E-state index is -0.674. The highest BCUT2D eigenvalue weighted by molar-refractivity contribution is 5.98. The van der Waals surface area contributed by atoms with Crippen LogP contribution < -0.4 is 5.32 Å². The fraction of sp³-hybridized carbons (Fsp3) is 0.238. The molecular weight excluding hydrogens is 376 g/mol. The van der Waals surface area contributed by atoms with Crippen molar-refractivity contribution in [1.29, 1.82) is 0 Å². The molecule has 0 saturated heterocycles. The van der Waals surface area contributed by atoms with E-state index >= 15 is 0 Å². The van der Waals surface area contributed by atoms with Crippen molar-refractivity contribution in [3.63, 3.8) is 0 Å². The molecule has 0 atom stereocenters. The summed E-state index contributed by atoms with van der Waals surface area (Å²) in [4.78, 5) is 40.8. The maximum absolute atomic E-state index is 12.5. The second-order valence-corrected chi connectivity index (χ2v) is 6.12. The Hall–Kier alpha value is -3.68. The highest BCUT2D eigenvalue weighted by atomic mass is 16.5. The number of carbonyl (C=O) groups excluding carboxylic acids is 3. The summed E-state index contributed by atoms with van der Waals surface area (Å²) in [6, 6.07) is 10.4. The lowest BCUT2D eigenvalue weighted by molar-refractivity contribution is -0.143. The van der Waals surface area contributed by atoms with E-state index in [1.54, 1.807) is 19.9 Å². The number of ether oxygens (including phenoxy) is 2. The van der Waals surface area contributed by atoms with Crippen LogP contribution in [0, 0.1) is 6.92 Å². The van der Waals surface area contributed by atoms with E-state index in [2.05, 4.69) is 10.3 Å². The summed E-state index contributed by atoms with van der Waals surface area (Å²) in [6.45, 7) is 3.15. The van der Waals surface area contributed by atoms with E-state index in [0.717, 1.165) is 5.39 Å². The molecule has 0 unspecified atom stereocenters. The van der Waals surface area contributed by atoms with Gasteiger partial charge in [0.2, 0.25) is 0 Å². The zero-order valence-corrected chi connectivity index (χ0v) is 16.1. The number of furan rings is 1. The standard InChI is InChI=1S/C21H20N2O6/c1-3-27-21(26)19-13(2)14-7-4-5-8-15(14)23-16(19)12-29-18(24)11-22-20(25)17-9-6-10-28-17/h4-10H,3,11-12H2,1-2H3,(H,22,25). The highest BCUT2D eigenvalue weighted by Crippen LogP contribution is 2.24. The van der Waals surface area contributed by atoms with E-state index in [4.69, 9.17) is 13.9 Å². The Kier molecular flexibility index (Phi) is 6.23. The number of pyridine rings is 1. The lowest BCUT2D eigenvalue weighted by atomic mass is 10.0. The van der Waals surface area contributed by atoms with Gasteiger partial charge in [-0.1, -0.05) is 18.2 Å². The monoisotopic (exact) mass is 396 g/mol. The quantitative estimate of drug-likeness (QED) is 0.612. The van der Waals surface area contributed by atoms with Gasteiger partial charge in [-0.15, -0.1) is 0 Å². The summed E-state index contributed by atoms with van der Waals surface area (Å²) in [5.74, 6) is -1.64. The molecule has 3 aromatic rings. The van der Waals surface area contributed by atoms with Gasteiger partial charge in [0.15, 0.2) is 5.76 Å². The fourth-order valence-corrected chi connectivity index (χ4v) is 2.87. The summed E-state index contributed by atoms with van der Waals surface area (Å²) in [7, 11) is 0. The number of rotatable bonds is 7. The van der Waals surface area contributed by atoms with Crippen LogP contribution in [0.2, 0.25) is 0 Å². The molecule has 0 saturated carbocycles. The number of fused-ring (bicyclic) bond motifs is 1. The van der Waals surface area contributed by atoms with Gasteiger partial charge in [0.1, 0.15) is 13.2 Å². The number of hydrogen-bond acceptors (Lipinski definition) is 7. The number of nitrogens with one attached hydrogen (secondary N) is 1. The fourth-order valence-electron chi connectivity index (χ4n) is 2.87. The average molecular weight is 396 g/mol. The van der Waals surface area contributed by atoms with Gasteiger partial charge in [0, 0.05) is 5.39 Å². The number of aryl methyl sites for hydroxylation is 1. The van der Waals surface area contributed by atoms with Crippen molar-refractivity contribution < 1.29 is 28.3 Å². The van der Waals surface area contributed by atoms with E-state index in [-0.39, 0.29) is 31.1 Å². The van der Waals surface area contributed by atoms with Crippen LogP contribution in [0.15, 0.2) is 47.1 Å². The van der Waals surface area contributed by atoms with Gasteiger partial charge in [-0.25, -0.2) is 9.78 Å². The Balaban J connectivity index is 1.74. The molecule has 29 heavy (non-hydrogen) atoms. The Morgan fingerprint density at radius 1 is 1.10 bits per heavy atom. The van der Waals surface area contributed by atoms with Gasteiger partial charge in [-0.2, -0.15) is 0 Å². The minimum absolute atomic E-state index is 0.0919. The van der Waals surface area contributed by atoms with Crippen molar-refractivity contribution in [2.75, 3.05) is 13.2 Å².